The van der Waals surface area contributed by atoms with Gasteiger partial charge in [-0.3, -0.25) is 4.68 Å². The van der Waals surface area contributed by atoms with Crippen molar-refractivity contribution in [1.29, 1.82) is 0 Å². The number of rotatable bonds is 2. The van der Waals surface area contributed by atoms with Crippen LogP contribution in [0.1, 0.15) is 24.6 Å². The maximum atomic E-state index is 9.79. The molecule has 1 heterocycles. The van der Waals surface area contributed by atoms with E-state index in [1.807, 2.05) is 13.1 Å². The first-order valence-electron chi connectivity index (χ1n) is 4.06. The van der Waals surface area contributed by atoms with E-state index in [-0.39, 0.29) is 6.10 Å². The summed E-state index contributed by atoms with van der Waals surface area (Å²) in [5, 5.41) is 14.0. The van der Waals surface area contributed by atoms with Crippen LogP contribution in [-0.4, -0.2) is 14.9 Å². The summed E-state index contributed by atoms with van der Waals surface area (Å²) >= 11 is 2.16. The Morgan fingerprint density at radius 3 is 2.83 bits per heavy atom. The van der Waals surface area contributed by atoms with Crippen molar-refractivity contribution >= 4 is 22.6 Å². The van der Waals surface area contributed by atoms with Gasteiger partial charge in [0.15, 0.2) is 0 Å². The van der Waals surface area contributed by atoms with E-state index in [0.717, 1.165) is 22.2 Å². The van der Waals surface area contributed by atoms with Gasteiger partial charge in [-0.1, -0.05) is 0 Å². The summed E-state index contributed by atoms with van der Waals surface area (Å²) in [6.07, 6.45) is 2.01. The lowest BCUT2D eigenvalue weighted by Gasteiger charge is -2.08. The van der Waals surface area contributed by atoms with E-state index in [1.165, 1.54) is 0 Å². The van der Waals surface area contributed by atoms with Gasteiger partial charge in [-0.15, -0.1) is 0 Å². The Hall–Kier alpha value is -0.100. The Kier molecular flexibility index (Phi) is 2.12. The predicted octanol–water partition coefficient (Wildman–Crippen LogP) is 1.47. The highest BCUT2D eigenvalue weighted by atomic mass is 127. The average Bonchev–Trinajstić information content (AvgIpc) is 2.77. The van der Waals surface area contributed by atoms with Crippen LogP contribution in [0, 0.1) is 9.62 Å². The third kappa shape index (κ3) is 1.50. The number of aliphatic hydroxyl groups excluding tert-OH is 1. The largest absolute Gasteiger partial charge is 0.387 e. The van der Waals surface area contributed by atoms with Crippen LogP contribution in [0.5, 0.6) is 0 Å². The minimum absolute atomic E-state index is 0.300. The van der Waals surface area contributed by atoms with E-state index in [0.29, 0.717) is 5.92 Å². The molecule has 1 saturated carbocycles. The molecule has 0 aromatic carbocycles. The maximum absolute atomic E-state index is 9.79. The number of hydrogen-bond donors (Lipinski definition) is 1. The van der Waals surface area contributed by atoms with E-state index < -0.39 is 0 Å². The first-order chi connectivity index (χ1) is 5.68. The van der Waals surface area contributed by atoms with Crippen molar-refractivity contribution in [2.75, 3.05) is 0 Å². The van der Waals surface area contributed by atoms with Crippen molar-refractivity contribution in [2.24, 2.45) is 13.0 Å². The van der Waals surface area contributed by atoms with Gasteiger partial charge in [-0.05, 0) is 47.4 Å². The van der Waals surface area contributed by atoms with E-state index in [1.54, 1.807) is 4.68 Å². The minimum Gasteiger partial charge on any atom is -0.387 e. The molecule has 1 fully saturated rings. The van der Waals surface area contributed by atoms with Crippen molar-refractivity contribution in [2.45, 2.75) is 18.9 Å². The first-order valence-corrected chi connectivity index (χ1v) is 5.14. The maximum Gasteiger partial charge on any atom is 0.123 e. The van der Waals surface area contributed by atoms with Crippen LogP contribution in [0.25, 0.3) is 0 Å². The number of hydrogen-bond acceptors (Lipinski definition) is 2. The zero-order chi connectivity index (χ0) is 8.72. The zero-order valence-corrected chi connectivity index (χ0v) is 9.02. The summed E-state index contributed by atoms with van der Waals surface area (Å²) in [5.41, 5.74) is 0.946. The Balaban J connectivity index is 2.25. The van der Waals surface area contributed by atoms with Crippen molar-refractivity contribution in [1.82, 2.24) is 9.78 Å². The van der Waals surface area contributed by atoms with Gasteiger partial charge in [0.2, 0.25) is 0 Å². The van der Waals surface area contributed by atoms with Crippen LogP contribution < -0.4 is 0 Å². The monoisotopic (exact) mass is 278 g/mol. The lowest BCUT2D eigenvalue weighted by molar-refractivity contribution is 0.144. The quantitative estimate of drug-likeness (QED) is 0.832. The van der Waals surface area contributed by atoms with Crippen LogP contribution in [0.2, 0.25) is 0 Å². The molecule has 3 nitrogen and oxygen atoms in total. The number of nitrogens with zero attached hydrogens (tertiary/aromatic N) is 2. The Morgan fingerprint density at radius 2 is 2.42 bits per heavy atom. The van der Waals surface area contributed by atoms with E-state index >= 15 is 0 Å². The summed E-state index contributed by atoms with van der Waals surface area (Å²) in [5.74, 6) is 0.483. The van der Waals surface area contributed by atoms with E-state index in [4.69, 9.17) is 0 Å². The summed E-state index contributed by atoms with van der Waals surface area (Å²) in [7, 11) is 1.88. The highest BCUT2D eigenvalue weighted by molar-refractivity contribution is 14.1. The third-order valence-electron chi connectivity index (χ3n) is 2.26. The van der Waals surface area contributed by atoms with Crippen LogP contribution in [0.15, 0.2) is 6.07 Å². The normalized spacial score (nSPS) is 19.6. The molecule has 1 unspecified atom stereocenters. The molecule has 1 aliphatic rings. The van der Waals surface area contributed by atoms with Gasteiger partial charge in [0.25, 0.3) is 0 Å². The molecule has 12 heavy (non-hydrogen) atoms. The Morgan fingerprint density at radius 1 is 1.75 bits per heavy atom. The predicted molar refractivity (Wildman–Crippen MR) is 53.6 cm³/mol. The lowest BCUT2D eigenvalue weighted by Crippen LogP contribution is -2.06. The summed E-state index contributed by atoms with van der Waals surface area (Å²) < 4.78 is 2.72. The van der Waals surface area contributed by atoms with E-state index in [2.05, 4.69) is 27.7 Å². The molecule has 0 aliphatic heterocycles. The van der Waals surface area contributed by atoms with Gasteiger partial charge in [0, 0.05) is 7.05 Å². The summed E-state index contributed by atoms with van der Waals surface area (Å²) in [4.78, 5) is 0. The van der Waals surface area contributed by atoms with Gasteiger partial charge >= 0.3 is 0 Å². The number of aryl methyl sites for hydroxylation is 1. The van der Waals surface area contributed by atoms with Crippen molar-refractivity contribution in [3.05, 3.63) is 15.5 Å². The topological polar surface area (TPSA) is 38.0 Å². The highest BCUT2D eigenvalue weighted by Crippen LogP contribution is 2.40. The third-order valence-corrected chi connectivity index (χ3v) is 2.78. The summed E-state index contributed by atoms with van der Waals surface area (Å²) in [6.45, 7) is 0. The molecule has 0 radical (unpaired) electrons. The number of halogens is 1. The SMILES string of the molecule is Cn1nc(I)cc1C(O)C1CC1. The molecule has 0 bridgehead atoms. The average molecular weight is 278 g/mol. The van der Waals surface area contributed by atoms with Gasteiger partial charge in [-0.2, -0.15) is 5.10 Å². The molecule has 0 saturated heterocycles. The number of aliphatic hydroxyl groups is 1. The molecule has 1 atom stereocenters. The standard InChI is InChI=1S/C8H11IN2O/c1-11-6(4-7(9)10-11)8(12)5-2-3-5/h4-5,8,12H,2-3H2,1H3. The molecular formula is C8H11IN2O. The summed E-state index contributed by atoms with van der Waals surface area (Å²) in [6, 6.07) is 1.95. The van der Waals surface area contributed by atoms with E-state index in [9.17, 15) is 5.11 Å². The van der Waals surface area contributed by atoms with Crippen molar-refractivity contribution in [3.8, 4) is 0 Å². The molecule has 4 heteroatoms. The van der Waals surface area contributed by atoms with Crippen LogP contribution in [0.4, 0.5) is 0 Å². The molecule has 66 valence electrons. The molecule has 2 rings (SSSR count). The molecule has 1 aromatic heterocycles. The second-order valence-electron chi connectivity index (χ2n) is 3.30. The van der Waals surface area contributed by atoms with Gasteiger partial charge in [0.1, 0.15) is 3.70 Å². The molecule has 0 spiro atoms. The second kappa shape index (κ2) is 2.99. The molecule has 1 aromatic rings. The fraction of sp³-hybridized carbons (Fsp3) is 0.625. The Labute approximate surface area is 84.9 Å². The highest BCUT2D eigenvalue weighted by Gasteiger charge is 2.32. The number of aromatic nitrogens is 2. The zero-order valence-electron chi connectivity index (χ0n) is 6.87. The van der Waals surface area contributed by atoms with Crippen molar-refractivity contribution < 1.29 is 5.11 Å². The van der Waals surface area contributed by atoms with Crippen LogP contribution in [0.3, 0.4) is 0 Å². The Bertz CT molecular complexity index is 293. The fourth-order valence-corrected chi connectivity index (χ4v) is 2.02. The fourth-order valence-electron chi connectivity index (χ4n) is 1.38. The molecule has 1 aliphatic carbocycles. The van der Waals surface area contributed by atoms with Gasteiger partial charge in [-0.25, -0.2) is 0 Å². The van der Waals surface area contributed by atoms with Gasteiger partial charge in [0.05, 0.1) is 11.8 Å². The van der Waals surface area contributed by atoms with Crippen molar-refractivity contribution in [3.63, 3.8) is 0 Å². The minimum atomic E-state index is -0.300. The molecule has 1 N–H and O–H groups in total. The van der Waals surface area contributed by atoms with Crippen LogP contribution in [-0.2, 0) is 7.05 Å². The molecular weight excluding hydrogens is 267 g/mol. The smallest absolute Gasteiger partial charge is 0.123 e. The molecule has 0 amide bonds. The first kappa shape index (κ1) is 8.50. The lowest BCUT2D eigenvalue weighted by atomic mass is 10.2. The second-order valence-corrected chi connectivity index (χ2v) is 4.40. The van der Waals surface area contributed by atoms with Crippen LogP contribution >= 0.6 is 22.6 Å². The van der Waals surface area contributed by atoms with Gasteiger partial charge < -0.3 is 5.11 Å².